The van der Waals surface area contributed by atoms with Crippen LogP contribution < -0.4 is 4.74 Å². The highest BCUT2D eigenvalue weighted by Crippen LogP contribution is 2.31. The second kappa shape index (κ2) is 7.38. The highest BCUT2D eigenvalue weighted by atomic mass is 79.9. The normalized spacial score (nSPS) is 10.2. The second-order valence-corrected chi connectivity index (χ2v) is 5.39. The molecule has 0 N–H and O–H groups in total. The number of ether oxygens (including phenoxy) is 1. The van der Waals surface area contributed by atoms with Crippen LogP contribution >= 0.6 is 28.0 Å². The van der Waals surface area contributed by atoms with Gasteiger partial charge in [-0.15, -0.1) is 6.58 Å². The molecule has 2 aromatic rings. The fraction of sp³-hybridized carbons (Fsp3) is 0.0667. The van der Waals surface area contributed by atoms with Crippen molar-refractivity contribution in [2.24, 2.45) is 0 Å². The molecule has 2 aromatic carbocycles. The Labute approximate surface area is 125 Å². The van der Waals surface area contributed by atoms with Crippen molar-refractivity contribution >= 4 is 28.0 Å². The van der Waals surface area contributed by atoms with Gasteiger partial charge in [0.2, 0.25) is 0 Å². The first kappa shape index (κ1) is 14.2. The quantitative estimate of drug-likeness (QED) is 0.397. The number of para-hydroxylation sites is 1. The summed E-state index contributed by atoms with van der Waals surface area (Å²) < 4.78 is 12.1. The lowest BCUT2D eigenvalue weighted by Crippen LogP contribution is -1.86. The van der Waals surface area contributed by atoms with Crippen molar-refractivity contribution in [3.8, 4) is 11.5 Å². The third-order valence-electron chi connectivity index (χ3n) is 2.21. The molecule has 98 valence electrons. The summed E-state index contributed by atoms with van der Waals surface area (Å²) in [4.78, 5) is 0.992. The summed E-state index contributed by atoms with van der Waals surface area (Å²) in [7, 11) is 0. The minimum Gasteiger partial charge on any atom is -0.456 e. The van der Waals surface area contributed by atoms with Gasteiger partial charge in [-0.3, -0.25) is 0 Å². The molecule has 0 aliphatic carbocycles. The Hall–Kier alpha value is -1.23. The van der Waals surface area contributed by atoms with Crippen molar-refractivity contribution < 1.29 is 8.92 Å². The molecule has 0 heterocycles. The predicted octanol–water partition coefficient (Wildman–Crippen LogP) is 5.45. The van der Waals surface area contributed by atoms with Gasteiger partial charge in [0, 0.05) is 16.9 Å². The van der Waals surface area contributed by atoms with Crippen molar-refractivity contribution in [2.45, 2.75) is 4.90 Å². The van der Waals surface area contributed by atoms with Gasteiger partial charge in [0.25, 0.3) is 0 Å². The predicted molar refractivity (Wildman–Crippen MR) is 82.7 cm³/mol. The zero-order valence-corrected chi connectivity index (χ0v) is 12.6. The molecule has 2 rings (SSSR count). The van der Waals surface area contributed by atoms with E-state index in [1.807, 2.05) is 48.5 Å². The summed E-state index contributed by atoms with van der Waals surface area (Å²) in [6, 6.07) is 15.5. The summed E-state index contributed by atoms with van der Waals surface area (Å²) >= 11 is 4.77. The van der Waals surface area contributed by atoms with E-state index in [4.69, 9.17) is 8.92 Å². The molecule has 0 saturated heterocycles. The molecule has 0 saturated carbocycles. The average molecular weight is 337 g/mol. The van der Waals surface area contributed by atoms with E-state index in [0.29, 0.717) is 6.61 Å². The topological polar surface area (TPSA) is 18.5 Å². The van der Waals surface area contributed by atoms with Crippen LogP contribution in [-0.2, 0) is 4.18 Å². The van der Waals surface area contributed by atoms with Crippen LogP contribution in [0.2, 0.25) is 0 Å². The lowest BCUT2D eigenvalue weighted by molar-refractivity contribution is 0.428. The maximum Gasteiger partial charge on any atom is 0.141 e. The number of halogens is 1. The van der Waals surface area contributed by atoms with Gasteiger partial charge >= 0.3 is 0 Å². The van der Waals surface area contributed by atoms with E-state index in [1.165, 1.54) is 12.0 Å². The molecule has 0 aliphatic rings. The van der Waals surface area contributed by atoms with Crippen LogP contribution in [0, 0.1) is 0 Å². The summed E-state index contributed by atoms with van der Waals surface area (Å²) in [5.74, 6) is 1.57. The molecule has 0 radical (unpaired) electrons. The van der Waals surface area contributed by atoms with Crippen LogP contribution in [0.4, 0.5) is 0 Å². The minimum atomic E-state index is 0.514. The molecule has 0 aliphatic heterocycles. The van der Waals surface area contributed by atoms with Crippen LogP contribution in [0.15, 0.2) is 70.6 Å². The molecule has 0 unspecified atom stereocenters. The van der Waals surface area contributed by atoms with E-state index < -0.39 is 0 Å². The average Bonchev–Trinajstić information content (AvgIpc) is 2.42. The van der Waals surface area contributed by atoms with Crippen molar-refractivity contribution in [3.63, 3.8) is 0 Å². The third kappa shape index (κ3) is 4.42. The van der Waals surface area contributed by atoms with Crippen LogP contribution in [-0.4, -0.2) is 6.61 Å². The molecule has 0 atom stereocenters. The molecule has 0 fully saturated rings. The lowest BCUT2D eigenvalue weighted by Gasteiger charge is -2.08. The summed E-state index contributed by atoms with van der Waals surface area (Å²) in [6.07, 6.45) is 1.72. The molecule has 0 aromatic heterocycles. The van der Waals surface area contributed by atoms with E-state index in [1.54, 1.807) is 6.08 Å². The molecule has 4 heteroatoms. The van der Waals surface area contributed by atoms with E-state index in [9.17, 15) is 0 Å². The van der Waals surface area contributed by atoms with Crippen molar-refractivity contribution in [1.82, 2.24) is 0 Å². The van der Waals surface area contributed by atoms with Gasteiger partial charge in [0.1, 0.15) is 11.5 Å². The molecule has 0 spiro atoms. The SMILES string of the molecule is C=CCOSc1cccc(Oc2ccccc2Br)c1. The summed E-state index contributed by atoms with van der Waals surface area (Å²) in [5, 5.41) is 0. The fourth-order valence-electron chi connectivity index (χ4n) is 1.39. The number of benzene rings is 2. The van der Waals surface area contributed by atoms with Crippen molar-refractivity contribution in [1.29, 1.82) is 0 Å². The molecule has 2 nitrogen and oxygen atoms in total. The minimum absolute atomic E-state index is 0.514. The monoisotopic (exact) mass is 336 g/mol. The number of hydrogen-bond acceptors (Lipinski definition) is 3. The van der Waals surface area contributed by atoms with Crippen LogP contribution in [0.3, 0.4) is 0 Å². The first-order chi connectivity index (χ1) is 9.29. The fourth-order valence-corrected chi connectivity index (χ4v) is 2.36. The van der Waals surface area contributed by atoms with Crippen molar-refractivity contribution in [3.05, 3.63) is 65.7 Å². The summed E-state index contributed by atoms with van der Waals surface area (Å²) in [5.41, 5.74) is 0. The Bertz CT molecular complexity index is 557. The largest absolute Gasteiger partial charge is 0.456 e. The van der Waals surface area contributed by atoms with E-state index in [0.717, 1.165) is 20.9 Å². The number of hydrogen-bond donors (Lipinski definition) is 0. The maximum atomic E-state index is 5.82. The van der Waals surface area contributed by atoms with Crippen LogP contribution in [0.25, 0.3) is 0 Å². The zero-order valence-electron chi connectivity index (χ0n) is 10.2. The second-order valence-electron chi connectivity index (χ2n) is 3.66. The van der Waals surface area contributed by atoms with Crippen LogP contribution in [0.5, 0.6) is 11.5 Å². The summed E-state index contributed by atoms with van der Waals surface area (Å²) in [6.45, 7) is 4.12. The third-order valence-corrected chi connectivity index (χ3v) is 3.57. The van der Waals surface area contributed by atoms with Gasteiger partial charge in [-0.25, -0.2) is 0 Å². The molecule has 0 bridgehead atoms. The Kier molecular flexibility index (Phi) is 5.51. The Morgan fingerprint density at radius 2 is 2.00 bits per heavy atom. The van der Waals surface area contributed by atoms with Gasteiger partial charge in [-0.2, -0.15) is 0 Å². The maximum absolute atomic E-state index is 5.82. The van der Waals surface area contributed by atoms with Gasteiger partial charge < -0.3 is 8.92 Å². The van der Waals surface area contributed by atoms with Gasteiger partial charge in [0.05, 0.1) is 11.1 Å². The van der Waals surface area contributed by atoms with Crippen LogP contribution in [0.1, 0.15) is 0 Å². The van der Waals surface area contributed by atoms with E-state index in [-0.39, 0.29) is 0 Å². The Balaban J connectivity index is 2.06. The first-order valence-electron chi connectivity index (χ1n) is 5.72. The van der Waals surface area contributed by atoms with Gasteiger partial charge in [-0.1, -0.05) is 24.3 Å². The number of rotatable bonds is 6. The molecule has 0 amide bonds. The van der Waals surface area contributed by atoms with E-state index in [2.05, 4.69) is 22.5 Å². The lowest BCUT2D eigenvalue weighted by atomic mass is 10.3. The van der Waals surface area contributed by atoms with E-state index >= 15 is 0 Å². The van der Waals surface area contributed by atoms with Gasteiger partial charge in [-0.05, 0) is 46.3 Å². The molecular weight excluding hydrogens is 324 g/mol. The molecule has 19 heavy (non-hydrogen) atoms. The smallest absolute Gasteiger partial charge is 0.141 e. The van der Waals surface area contributed by atoms with Gasteiger partial charge in [0.15, 0.2) is 0 Å². The molecular formula is C15H13BrO2S. The Morgan fingerprint density at radius 1 is 1.16 bits per heavy atom. The van der Waals surface area contributed by atoms with Crippen molar-refractivity contribution in [2.75, 3.05) is 6.61 Å². The standard InChI is InChI=1S/C15H13BrO2S/c1-2-10-17-19-13-7-5-6-12(11-13)18-15-9-4-3-8-14(15)16/h2-9,11H,1,10H2. The Morgan fingerprint density at radius 3 is 2.79 bits per heavy atom. The first-order valence-corrected chi connectivity index (χ1v) is 7.26. The zero-order chi connectivity index (χ0) is 13.5. The highest BCUT2D eigenvalue weighted by Gasteiger charge is 2.03. The highest BCUT2D eigenvalue weighted by molar-refractivity contribution is 9.10.